The third kappa shape index (κ3) is 1.88. The molecule has 84 valence electrons. The van der Waals surface area contributed by atoms with Gasteiger partial charge in [-0.05, 0) is 38.8 Å². The third-order valence-electron chi connectivity index (χ3n) is 3.04. The molecule has 0 aliphatic carbocycles. The van der Waals surface area contributed by atoms with Crippen LogP contribution in [-0.4, -0.2) is 19.8 Å². The second kappa shape index (κ2) is 4.27. The molecule has 2 fully saturated rings. The van der Waals surface area contributed by atoms with Gasteiger partial charge in [-0.15, -0.1) is 0 Å². The molecule has 0 bridgehead atoms. The number of hydrogen-bond acceptors (Lipinski definition) is 3. The molecule has 0 aromatic carbocycles. The molecular formula is C12H18O3. The fourth-order valence-corrected chi connectivity index (χ4v) is 2.19. The minimum Gasteiger partial charge on any atom is -0.464 e. The molecule has 2 rings (SSSR count). The van der Waals surface area contributed by atoms with Crippen molar-refractivity contribution in [3.8, 4) is 0 Å². The van der Waals surface area contributed by atoms with Gasteiger partial charge in [-0.3, -0.25) is 0 Å². The maximum Gasteiger partial charge on any atom is 0.279 e. The van der Waals surface area contributed by atoms with Crippen molar-refractivity contribution in [1.29, 1.82) is 0 Å². The summed E-state index contributed by atoms with van der Waals surface area (Å²) in [6.07, 6.45) is 6.04. The van der Waals surface area contributed by atoms with Gasteiger partial charge in [0, 0.05) is 6.61 Å². The van der Waals surface area contributed by atoms with Crippen molar-refractivity contribution >= 4 is 0 Å². The van der Waals surface area contributed by atoms with E-state index >= 15 is 0 Å². The smallest absolute Gasteiger partial charge is 0.279 e. The molecule has 2 saturated heterocycles. The first-order chi connectivity index (χ1) is 7.30. The van der Waals surface area contributed by atoms with Crippen LogP contribution in [-0.2, 0) is 14.2 Å². The molecule has 2 heterocycles. The summed E-state index contributed by atoms with van der Waals surface area (Å²) in [7, 11) is 0. The molecule has 15 heavy (non-hydrogen) atoms. The van der Waals surface area contributed by atoms with Crippen molar-refractivity contribution < 1.29 is 14.2 Å². The largest absolute Gasteiger partial charge is 0.464 e. The summed E-state index contributed by atoms with van der Waals surface area (Å²) in [6.45, 7) is 6.16. The van der Waals surface area contributed by atoms with Crippen LogP contribution in [0.1, 0.15) is 26.7 Å². The first-order valence-corrected chi connectivity index (χ1v) is 5.52. The highest BCUT2D eigenvalue weighted by atomic mass is 16.7. The number of allylic oxidation sites excluding steroid dienone is 2. The Morgan fingerprint density at radius 3 is 2.67 bits per heavy atom. The van der Waals surface area contributed by atoms with Crippen molar-refractivity contribution in [2.45, 2.75) is 26.7 Å². The standard InChI is InChI=1S/C12H18O3/c1-3-10-12(6-5-7-13-8-12)9-14-11(4-2)15-10/h3-4H,5-9H2,1-2H3/b10-3+,11-4-. The van der Waals surface area contributed by atoms with Crippen LogP contribution in [0.25, 0.3) is 0 Å². The molecule has 1 atom stereocenters. The highest BCUT2D eigenvalue weighted by Crippen LogP contribution is 2.41. The van der Waals surface area contributed by atoms with Crippen LogP contribution < -0.4 is 0 Å². The Balaban J connectivity index is 2.18. The molecule has 2 aliphatic heterocycles. The lowest BCUT2D eigenvalue weighted by molar-refractivity contribution is -0.109. The monoisotopic (exact) mass is 210 g/mol. The molecule has 0 amide bonds. The molecule has 0 N–H and O–H groups in total. The predicted molar refractivity (Wildman–Crippen MR) is 57.0 cm³/mol. The molecule has 0 aromatic rings. The zero-order chi connectivity index (χ0) is 10.7. The number of ether oxygens (including phenoxy) is 3. The maximum atomic E-state index is 5.70. The highest BCUT2D eigenvalue weighted by molar-refractivity contribution is 5.14. The van der Waals surface area contributed by atoms with Crippen LogP contribution in [0.15, 0.2) is 23.9 Å². The summed E-state index contributed by atoms with van der Waals surface area (Å²) in [5, 5.41) is 0. The van der Waals surface area contributed by atoms with Gasteiger partial charge in [-0.2, -0.15) is 0 Å². The van der Waals surface area contributed by atoms with Gasteiger partial charge in [0.15, 0.2) is 0 Å². The van der Waals surface area contributed by atoms with Crippen molar-refractivity contribution in [3.63, 3.8) is 0 Å². The molecule has 1 unspecified atom stereocenters. The molecule has 0 radical (unpaired) electrons. The van der Waals surface area contributed by atoms with Crippen molar-refractivity contribution in [3.05, 3.63) is 23.9 Å². The summed E-state index contributed by atoms with van der Waals surface area (Å²) < 4.78 is 16.8. The van der Waals surface area contributed by atoms with E-state index in [1.165, 1.54) is 0 Å². The van der Waals surface area contributed by atoms with Gasteiger partial charge in [0.2, 0.25) is 0 Å². The molecular weight excluding hydrogens is 192 g/mol. The topological polar surface area (TPSA) is 27.7 Å². The van der Waals surface area contributed by atoms with E-state index in [1.807, 2.05) is 26.0 Å². The van der Waals surface area contributed by atoms with Crippen LogP contribution in [0.2, 0.25) is 0 Å². The van der Waals surface area contributed by atoms with E-state index < -0.39 is 0 Å². The van der Waals surface area contributed by atoms with Gasteiger partial charge >= 0.3 is 0 Å². The molecule has 0 aromatic heterocycles. The molecule has 2 aliphatic rings. The molecule has 0 saturated carbocycles. The van der Waals surface area contributed by atoms with E-state index in [4.69, 9.17) is 14.2 Å². The number of rotatable bonds is 0. The lowest BCUT2D eigenvalue weighted by Crippen LogP contribution is -2.41. The normalized spacial score (nSPS) is 36.7. The summed E-state index contributed by atoms with van der Waals surface area (Å²) in [6, 6.07) is 0. The molecule has 3 heteroatoms. The van der Waals surface area contributed by atoms with Crippen LogP contribution in [0.5, 0.6) is 0 Å². The van der Waals surface area contributed by atoms with E-state index in [0.717, 1.165) is 25.2 Å². The number of hydrogen-bond donors (Lipinski definition) is 0. The average molecular weight is 210 g/mol. The van der Waals surface area contributed by atoms with Gasteiger partial charge < -0.3 is 14.2 Å². The zero-order valence-corrected chi connectivity index (χ0v) is 9.41. The van der Waals surface area contributed by atoms with E-state index in [2.05, 4.69) is 0 Å². The zero-order valence-electron chi connectivity index (χ0n) is 9.41. The van der Waals surface area contributed by atoms with Gasteiger partial charge in [-0.1, -0.05) is 0 Å². The highest BCUT2D eigenvalue weighted by Gasteiger charge is 2.42. The summed E-state index contributed by atoms with van der Waals surface area (Å²) in [5.74, 6) is 1.61. The Morgan fingerprint density at radius 1 is 1.20 bits per heavy atom. The Hall–Kier alpha value is -0.960. The van der Waals surface area contributed by atoms with E-state index in [-0.39, 0.29) is 5.41 Å². The SMILES string of the molecule is C/C=C1/OCC2(CCCOC2)/C(=C\C)O1. The summed E-state index contributed by atoms with van der Waals surface area (Å²) >= 11 is 0. The quantitative estimate of drug-likeness (QED) is 0.615. The van der Waals surface area contributed by atoms with E-state index in [0.29, 0.717) is 19.2 Å². The van der Waals surface area contributed by atoms with E-state index in [1.54, 1.807) is 0 Å². The van der Waals surface area contributed by atoms with Crippen molar-refractivity contribution in [1.82, 2.24) is 0 Å². The Labute approximate surface area is 90.7 Å². The van der Waals surface area contributed by atoms with Crippen molar-refractivity contribution in [2.75, 3.05) is 19.8 Å². The van der Waals surface area contributed by atoms with Crippen LogP contribution in [0.3, 0.4) is 0 Å². The Morgan fingerprint density at radius 2 is 2.07 bits per heavy atom. The second-order valence-corrected chi connectivity index (χ2v) is 4.09. The first-order valence-electron chi connectivity index (χ1n) is 5.52. The fourth-order valence-electron chi connectivity index (χ4n) is 2.19. The Kier molecular flexibility index (Phi) is 3.00. The van der Waals surface area contributed by atoms with E-state index in [9.17, 15) is 0 Å². The first kappa shape index (κ1) is 10.6. The minimum atomic E-state index is -0.0422. The van der Waals surface area contributed by atoms with Gasteiger partial charge in [0.05, 0.1) is 12.0 Å². The average Bonchev–Trinajstić information content (AvgIpc) is 2.31. The second-order valence-electron chi connectivity index (χ2n) is 4.09. The van der Waals surface area contributed by atoms with Crippen LogP contribution in [0.4, 0.5) is 0 Å². The third-order valence-corrected chi connectivity index (χ3v) is 3.04. The van der Waals surface area contributed by atoms with Gasteiger partial charge in [0.1, 0.15) is 12.4 Å². The maximum absolute atomic E-state index is 5.70. The lowest BCUT2D eigenvalue weighted by atomic mass is 9.80. The molecule has 1 spiro atoms. The van der Waals surface area contributed by atoms with Crippen molar-refractivity contribution in [2.24, 2.45) is 5.41 Å². The minimum absolute atomic E-state index is 0.0422. The van der Waals surface area contributed by atoms with Gasteiger partial charge in [0.25, 0.3) is 5.95 Å². The summed E-state index contributed by atoms with van der Waals surface area (Å²) in [4.78, 5) is 0. The summed E-state index contributed by atoms with van der Waals surface area (Å²) in [5.41, 5.74) is -0.0422. The van der Waals surface area contributed by atoms with Gasteiger partial charge in [-0.25, -0.2) is 0 Å². The Bertz CT molecular complexity index is 285. The predicted octanol–water partition coefficient (Wildman–Crippen LogP) is 2.60. The molecule has 3 nitrogen and oxygen atoms in total. The van der Waals surface area contributed by atoms with Crippen LogP contribution >= 0.6 is 0 Å². The lowest BCUT2D eigenvalue weighted by Gasteiger charge is -2.41. The fraction of sp³-hybridized carbons (Fsp3) is 0.667. The van der Waals surface area contributed by atoms with Crippen LogP contribution in [0, 0.1) is 5.41 Å².